The summed E-state index contributed by atoms with van der Waals surface area (Å²) < 4.78 is 5.66. The fourth-order valence-electron chi connectivity index (χ4n) is 5.74. The molecule has 41 heavy (non-hydrogen) atoms. The van der Waals surface area contributed by atoms with E-state index in [4.69, 9.17) is 4.74 Å². The van der Waals surface area contributed by atoms with E-state index in [0.29, 0.717) is 13.0 Å². The van der Waals surface area contributed by atoms with Crippen LogP contribution < -0.4 is 0 Å². The SMILES string of the molecule is CCCCCCCCCN(CCCCCCCCC)CCN(CCCCCCCCC)CC(=O)OC(C)CC(C)O. The molecule has 246 valence electrons. The summed E-state index contributed by atoms with van der Waals surface area (Å²) in [4.78, 5) is 17.8. The first-order valence-corrected chi connectivity index (χ1v) is 18.2. The second kappa shape index (κ2) is 30.8. The zero-order chi connectivity index (χ0) is 30.4. The molecule has 0 radical (unpaired) electrons. The van der Waals surface area contributed by atoms with E-state index in [9.17, 15) is 9.90 Å². The van der Waals surface area contributed by atoms with Crippen LogP contribution in [0, 0.1) is 0 Å². The Kier molecular flexibility index (Phi) is 30.3. The minimum absolute atomic E-state index is 0.146. The van der Waals surface area contributed by atoms with Crippen LogP contribution in [0.4, 0.5) is 0 Å². The van der Waals surface area contributed by atoms with E-state index in [1.54, 1.807) is 6.92 Å². The molecule has 0 saturated carbocycles. The van der Waals surface area contributed by atoms with Crippen LogP contribution in [0.15, 0.2) is 0 Å². The van der Waals surface area contributed by atoms with Crippen LogP contribution in [0.5, 0.6) is 0 Å². The van der Waals surface area contributed by atoms with Crippen LogP contribution >= 0.6 is 0 Å². The highest BCUT2D eigenvalue weighted by atomic mass is 16.5. The predicted molar refractivity (Wildman–Crippen MR) is 179 cm³/mol. The predicted octanol–water partition coefficient (Wildman–Crippen LogP) is 9.54. The molecule has 0 aliphatic rings. The number of nitrogens with zero attached hydrogens (tertiary/aromatic N) is 2. The zero-order valence-corrected chi connectivity index (χ0v) is 28.6. The van der Waals surface area contributed by atoms with E-state index in [0.717, 1.165) is 26.1 Å². The van der Waals surface area contributed by atoms with Gasteiger partial charge in [-0.15, -0.1) is 0 Å². The number of ether oxygens (including phenoxy) is 1. The van der Waals surface area contributed by atoms with Gasteiger partial charge in [0.25, 0.3) is 0 Å². The first-order valence-electron chi connectivity index (χ1n) is 18.2. The van der Waals surface area contributed by atoms with Crippen molar-refractivity contribution in [1.29, 1.82) is 0 Å². The second-order valence-electron chi connectivity index (χ2n) is 12.9. The molecule has 0 aliphatic heterocycles. The normalized spacial score (nSPS) is 13.3. The molecule has 0 amide bonds. The molecule has 0 spiro atoms. The van der Waals surface area contributed by atoms with Gasteiger partial charge in [-0.25, -0.2) is 0 Å². The lowest BCUT2D eigenvalue weighted by Crippen LogP contribution is -2.40. The summed E-state index contributed by atoms with van der Waals surface area (Å²) in [5, 5.41) is 9.66. The number of hydrogen-bond donors (Lipinski definition) is 1. The summed E-state index contributed by atoms with van der Waals surface area (Å²) >= 11 is 0. The highest BCUT2D eigenvalue weighted by Gasteiger charge is 2.17. The Bertz CT molecular complexity index is 525. The van der Waals surface area contributed by atoms with E-state index in [1.165, 1.54) is 142 Å². The van der Waals surface area contributed by atoms with Crippen molar-refractivity contribution in [3.05, 3.63) is 0 Å². The lowest BCUT2D eigenvalue weighted by atomic mass is 10.1. The minimum Gasteiger partial charge on any atom is -0.462 e. The monoisotopic (exact) mass is 583 g/mol. The molecular formula is C36H74N2O3. The number of carbonyl (C=O) groups excluding carboxylic acids is 1. The summed E-state index contributed by atoms with van der Waals surface area (Å²) in [5.41, 5.74) is 0. The maximum Gasteiger partial charge on any atom is 0.320 e. The standard InChI is InChI=1S/C36H74N2O3/c1-6-9-12-15-18-21-24-27-37(28-25-22-19-16-13-10-7-2)30-31-38(29-26-23-20-17-14-11-8-3)33-36(40)41-35(5)32-34(4)39/h34-35,39H,6-33H2,1-5H3. The quantitative estimate of drug-likeness (QED) is 0.0632. The van der Waals surface area contributed by atoms with Gasteiger partial charge in [0.2, 0.25) is 0 Å². The van der Waals surface area contributed by atoms with Gasteiger partial charge in [-0.1, -0.05) is 136 Å². The highest BCUT2D eigenvalue weighted by Crippen LogP contribution is 2.12. The molecule has 2 unspecified atom stereocenters. The van der Waals surface area contributed by atoms with Crippen LogP contribution in [0.25, 0.3) is 0 Å². The Morgan fingerprint density at radius 1 is 0.537 bits per heavy atom. The number of hydrogen-bond acceptors (Lipinski definition) is 5. The molecule has 0 fully saturated rings. The van der Waals surface area contributed by atoms with Gasteiger partial charge in [0.15, 0.2) is 0 Å². The molecule has 0 heterocycles. The van der Waals surface area contributed by atoms with Gasteiger partial charge in [-0.05, 0) is 52.7 Å². The van der Waals surface area contributed by atoms with Crippen molar-refractivity contribution in [3.63, 3.8) is 0 Å². The zero-order valence-electron chi connectivity index (χ0n) is 28.6. The first kappa shape index (κ1) is 40.4. The summed E-state index contributed by atoms with van der Waals surface area (Å²) in [7, 11) is 0. The maximum atomic E-state index is 12.8. The summed E-state index contributed by atoms with van der Waals surface area (Å²) in [6, 6.07) is 0. The van der Waals surface area contributed by atoms with Crippen LogP contribution in [-0.4, -0.2) is 72.4 Å². The van der Waals surface area contributed by atoms with Crippen LogP contribution in [0.3, 0.4) is 0 Å². The lowest BCUT2D eigenvalue weighted by Gasteiger charge is -2.28. The molecule has 2 atom stereocenters. The van der Waals surface area contributed by atoms with Gasteiger partial charge in [0.1, 0.15) is 6.10 Å². The first-order chi connectivity index (χ1) is 19.9. The third kappa shape index (κ3) is 29.2. The average molecular weight is 583 g/mol. The molecule has 0 bridgehead atoms. The molecule has 5 heteroatoms. The van der Waals surface area contributed by atoms with Crippen molar-refractivity contribution in [1.82, 2.24) is 9.80 Å². The van der Waals surface area contributed by atoms with E-state index in [2.05, 4.69) is 30.6 Å². The highest BCUT2D eigenvalue weighted by molar-refractivity contribution is 5.71. The van der Waals surface area contributed by atoms with E-state index < -0.39 is 6.10 Å². The Hall–Kier alpha value is -0.650. The molecule has 0 aromatic rings. The van der Waals surface area contributed by atoms with Crippen molar-refractivity contribution in [3.8, 4) is 0 Å². The molecular weight excluding hydrogens is 508 g/mol. The van der Waals surface area contributed by atoms with Crippen LogP contribution in [0.2, 0.25) is 0 Å². The molecule has 0 aromatic carbocycles. The van der Waals surface area contributed by atoms with E-state index >= 15 is 0 Å². The number of esters is 1. The minimum atomic E-state index is -0.451. The summed E-state index contributed by atoms with van der Waals surface area (Å²) in [6.45, 7) is 16.2. The van der Waals surface area contributed by atoms with Crippen molar-refractivity contribution in [2.75, 3.05) is 39.3 Å². The lowest BCUT2D eigenvalue weighted by molar-refractivity contribution is -0.150. The molecule has 0 aromatic heterocycles. The van der Waals surface area contributed by atoms with Gasteiger partial charge < -0.3 is 14.7 Å². The smallest absolute Gasteiger partial charge is 0.320 e. The number of aliphatic hydroxyl groups excluding tert-OH is 1. The largest absolute Gasteiger partial charge is 0.462 e. The van der Waals surface area contributed by atoms with Crippen molar-refractivity contribution in [2.45, 2.75) is 188 Å². The number of rotatable bonds is 32. The topological polar surface area (TPSA) is 53.0 Å². The van der Waals surface area contributed by atoms with E-state index in [1.807, 2.05) is 6.92 Å². The Labute approximate surface area is 257 Å². The van der Waals surface area contributed by atoms with Gasteiger partial charge >= 0.3 is 5.97 Å². The Morgan fingerprint density at radius 3 is 1.27 bits per heavy atom. The number of aliphatic hydroxyl groups is 1. The average Bonchev–Trinajstić information content (AvgIpc) is 2.93. The molecule has 0 aliphatic carbocycles. The van der Waals surface area contributed by atoms with Crippen molar-refractivity contribution in [2.24, 2.45) is 0 Å². The van der Waals surface area contributed by atoms with Crippen LogP contribution in [-0.2, 0) is 9.53 Å². The third-order valence-corrected chi connectivity index (χ3v) is 8.32. The summed E-state index contributed by atoms with van der Waals surface area (Å²) in [6.07, 6.45) is 27.7. The van der Waals surface area contributed by atoms with Gasteiger partial charge in [0, 0.05) is 19.5 Å². The van der Waals surface area contributed by atoms with E-state index in [-0.39, 0.29) is 12.1 Å². The van der Waals surface area contributed by atoms with Gasteiger partial charge in [0.05, 0.1) is 12.6 Å². The molecule has 5 nitrogen and oxygen atoms in total. The van der Waals surface area contributed by atoms with Gasteiger partial charge in [-0.2, -0.15) is 0 Å². The fraction of sp³-hybridized carbons (Fsp3) is 0.972. The van der Waals surface area contributed by atoms with Gasteiger partial charge in [-0.3, -0.25) is 9.69 Å². The Morgan fingerprint density at radius 2 is 0.878 bits per heavy atom. The summed E-state index contributed by atoms with van der Waals surface area (Å²) in [5.74, 6) is -0.146. The molecule has 0 saturated heterocycles. The molecule has 1 N–H and O–H groups in total. The molecule has 0 rings (SSSR count). The van der Waals surface area contributed by atoms with Crippen molar-refractivity contribution < 1.29 is 14.6 Å². The van der Waals surface area contributed by atoms with Crippen LogP contribution in [0.1, 0.15) is 176 Å². The third-order valence-electron chi connectivity index (χ3n) is 8.32. The number of carbonyl (C=O) groups is 1. The van der Waals surface area contributed by atoms with Crippen molar-refractivity contribution >= 4 is 5.97 Å². The second-order valence-corrected chi connectivity index (χ2v) is 12.9. The Balaban J connectivity index is 4.83. The number of unbranched alkanes of at least 4 members (excludes halogenated alkanes) is 18. The fourth-order valence-corrected chi connectivity index (χ4v) is 5.74. The maximum absolute atomic E-state index is 12.8.